The highest BCUT2D eigenvalue weighted by atomic mass is 16.5. The van der Waals surface area contributed by atoms with Crippen LogP contribution in [-0.2, 0) is 17.8 Å². The maximum atomic E-state index is 11.2. The van der Waals surface area contributed by atoms with Crippen molar-refractivity contribution in [3.8, 4) is 17.1 Å². The molecule has 2 heterocycles. The van der Waals surface area contributed by atoms with Gasteiger partial charge in [-0.2, -0.15) is 0 Å². The minimum atomic E-state index is -0.995. The molecular formula is C26H32N6O3. The molecule has 0 radical (unpaired) electrons. The zero-order chi connectivity index (χ0) is 24.9. The third kappa shape index (κ3) is 5.51. The highest BCUT2D eigenvalue weighted by Crippen LogP contribution is 2.31. The van der Waals surface area contributed by atoms with E-state index in [0.29, 0.717) is 24.3 Å². The van der Waals surface area contributed by atoms with Crippen LogP contribution in [0.25, 0.3) is 11.4 Å². The van der Waals surface area contributed by atoms with Crippen LogP contribution in [0.4, 0.5) is 5.69 Å². The number of aliphatic carboxylic acids is 1. The number of carbonyl (C=O) groups is 1. The van der Waals surface area contributed by atoms with E-state index in [4.69, 9.17) is 4.74 Å². The van der Waals surface area contributed by atoms with Gasteiger partial charge >= 0.3 is 5.97 Å². The van der Waals surface area contributed by atoms with E-state index < -0.39 is 5.97 Å². The predicted molar refractivity (Wildman–Crippen MR) is 135 cm³/mol. The second kappa shape index (κ2) is 10.7. The summed E-state index contributed by atoms with van der Waals surface area (Å²) in [5.74, 6) is 0.246. The molecule has 2 atom stereocenters. The van der Waals surface area contributed by atoms with Crippen LogP contribution in [-0.4, -0.2) is 75.0 Å². The molecule has 0 bridgehead atoms. The largest absolute Gasteiger partial charge is 0.497 e. The van der Waals surface area contributed by atoms with Gasteiger partial charge in [-0.05, 0) is 54.0 Å². The lowest BCUT2D eigenvalue weighted by molar-refractivity contribution is -0.137. The molecule has 184 valence electrons. The Kier molecular flexibility index (Phi) is 7.45. The summed E-state index contributed by atoms with van der Waals surface area (Å²) in [5.41, 5.74) is 4.04. The smallest absolute Gasteiger partial charge is 0.325 e. The SMILES string of the molecule is C=CCN1C[C@H](C)N(c2cc(Cc3ccccc3-c3nnnn3CC(=O)O)cc(OC)c2)C[C@H]1C. The quantitative estimate of drug-likeness (QED) is 0.471. The van der Waals surface area contributed by atoms with Crippen LogP contribution >= 0.6 is 0 Å². The molecule has 2 aromatic carbocycles. The number of tetrazole rings is 1. The zero-order valence-corrected chi connectivity index (χ0v) is 20.5. The van der Waals surface area contributed by atoms with Crippen molar-refractivity contribution >= 4 is 11.7 Å². The highest BCUT2D eigenvalue weighted by molar-refractivity contribution is 5.68. The van der Waals surface area contributed by atoms with Gasteiger partial charge in [0.1, 0.15) is 12.3 Å². The van der Waals surface area contributed by atoms with E-state index in [-0.39, 0.29) is 6.54 Å². The molecule has 3 aromatic rings. The average Bonchev–Trinajstić information content (AvgIpc) is 3.28. The number of benzene rings is 2. The number of nitrogens with zero attached hydrogens (tertiary/aromatic N) is 6. The molecule has 1 aliphatic rings. The first kappa shape index (κ1) is 24.4. The van der Waals surface area contributed by atoms with E-state index in [1.807, 2.05) is 36.4 Å². The number of carboxylic acid groups (broad SMARTS) is 1. The average molecular weight is 477 g/mol. The third-order valence-corrected chi connectivity index (χ3v) is 6.47. The van der Waals surface area contributed by atoms with E-state index >= 15 is 0 Å². The molecule has 4 rings (SSSR count). The molecule has 35 heavy (non-hydrogen) atoms. The van der Waals surface area contributed by atoms with Gasteiger partial charge < -0.3 is 14.7 Å². The van der Waals surface area contributed by atoms with Crippen molar-refractivity contribution < 1.29 is 14.6 Å². The standard InChI is InChI=1S/C26H32N6O3/c1-5-10-30-15-19(3)31(16-18(30)2)22-12-20(13-23(14-22)35-4)11-21-8-6-7-9-24(21)26-27-28-29-32(26)17-25(33)34/h5-9,12-14,18-19H,1,10-11,15-17H2,2-4H3,(H,33,34)/t18-,19+/m1/s1. The predicted octanol–water partition coefficient (Wildman–Crippen LogP) is 3.11. The Labute approximate surface area is 205 Å². The highest BCUT2D eigenvalue weighted by Gasteiger charge is 2.29. The maximum absolute atomic E-state index is 11.2. The Morgan fingerprint density at radius 3 is 2.74 bits per heavy atom. The van der Waals surface area contributed by atoms with Crippen LogP contribution in [0.2, 0.25) is 0 Å². The minimum Gasteiger partial charge on any atom is -0.497 e. The number of hydrogen-bond donors (Lipinski definition) is 1. The second-order valence-electron chi connectivity index (χ2n) is 9.02. The van der Waals surface area contributed by atoms with Crippen LogP contribution in [0.5, 0.6) is 5.75 Å². The molecular weight excluding hydrogens is 444 g/mol. The lowest BCUT2D eigenvalue weighted by atomic mass is 9.98. The Hall–Kier alpha value is -3.72. The molecule has 1 fully saturated rings. The summed E-state index contributed by atoms with van der Waals surface area (Å²) in [5, 5.41) is 20.9. The van der Waals surface area contributed by atoms with Crippen molar-refractivity contribution in [3.05, 3.63) is 66.2 Å². The molecule has 0 unspecified atom stereocenters. The normalized spacial score (nSPS) is 18.4. The molecule has 1 saturated heterocycles. The van der Waals surface area contributed by atoms with Crippen molar-refractivity contribution in [3.63, 3.8) is 0 Å². The molecule has 9 nitrogen and oxygen atoms in total. The summed E-state index contributed by atoms with van der Waals surface area (Å²) in [6.45, 7) is 10.9. The third-order valence-electron chi connectivity index (χ3n) is 6.47. The van der Waals surface area contributed by atoms with E-state index in [2.05, 4.69) is 57.9 Å². The molecule has 0 spiro atoms. The van der Waals surface area contributed by atoms with Gasteiger partial charge in [0.25, 0.3) is 0 Å². The summed E-state index contributed by atoms with van der Waals surface area (Å²) in [6, 6.07) is 14.9. The molecule has 9 heteroatoms. The number of ether oxygens (including phenoxy) is 1. The van der Waals surface area contributed by atoms with Gasteiger partial charge in [-0.3, -0.25) is 9.69 Å². The van der Waals surface area contributed by atoms with Gasteiger partial charge in [0.2, 0.25) is 0 Å². The van der Waals surface area contributed by atoms with Crippen molar-refractivity contribution in [1.82, 2.24) is 25.1 Å². The van der Waals surface area contributed by atoms with Gasteiger partial charge in [0.15, 0.2) is 5.82 Å². The number of rotatable bonds is 9. The lowest BCUT2D eigenvalue weighted by Crippen LogP contribution is -2.56. The summed E-state index contributed by atoms with van der Waals surface area (Å²) in [4.78, 5) is 16.1. The summed E-state index contributed by atoms with van der Waals surface area (Å²) in [7, 11) is 1.69. The van der Waals surface area contributed by atoms with Crippen molar-refractivity contribution in [1.29, 1.82) is 0 Å². The van der Waals surface area contributed by atoms with Crippen LogP contribution in [0.15, 0.2) is 55.1 Å². The Morgan fingerprint density at radius 2 is 2.00 bits per heavy atom. The van der Waals surface area contributed by atoms with E-state index in [9.17, 15) is 9.90 Å². The van der Waals surface area contributed by atoms with Gasteiger partial charge in [0.05, 0.1) is 7.11 Å². The van der Waals surface area contributed by atoms with E-state index in [1.54, 1.807) is 7.11 Å². The number of methoxy groups -OCH3 is 1. The van der Waals surface area contributed by atoms with Gasteiger partial charge in [-0.25, -0.2) is 4.68 Å². The molecule has 0 saturated carbocycles. The fourth-order valence-electron chi connectivity index (χ4n) is 4.75. The number of hydrogen-bond acceptors (Lipinski definition) is 7. The summed E-state index contributed by atoms with van der Waals surface area (Å²) >= 11 is 0. The maximum Gasteiger partial charge on any atom is 0.325 e. The molecule has 1 N–H and O–H groups in total. The number of carboxylic acids is 1. The van der Waals surface area contributed by atoms with E-state index in [0.717, 1.165) is 47.8 Å². The van der Waals surface area contributed by atoms with Gasteiger partial charge in [-0.15, -0.1) is 11.7 Å². The van der Waals surface area contributed by atoms with Gasteiger partial charge in [-0.1, -0.05) is 30.3 Å². The lowest BCUT2D eigenvalue weighted by Gasteiger charge is -2.45. The monoisotopic (exact) mass is 476 g/mol. The number of anilines is 1. The molecule has 0 amide bonds. The van der Waals surface area contributed by atoms with Gasteiger partial charge in [0, 0.05) is 49.0 Å². The summed E-state index contributed by atoms with van der Waals surface area (Å²) in [6.07, 6.45) is 2.59. The fourth-order valence-corrected chi connectivity index (χ4v) is 4.75. The van der Waals surface area contributed by atoms with Crippen molar-refractivity contribution in [2.45, 2.75) is 38.9 Å². The van der Waals surface area contributed by atoms with Crippen LogP contribution in [0, 0.1) is 0 Å². The first-order chi connectivity index (χ1) is 16.9. The first-order valence-corrected chi connectivity index (χ1v) is 11.7. The van der Waals surface area contributed by atoms with Crippen molar-refractivity contribution in [2.24, 2.45) is 0 Å². The van der Waals surface area contributed by atoms with Crippen molar-refractivity contribution in [2.75, 3.05) is 31.6 Å². The minimum absolute atomic E-state index is 0.298. The fraction of sp³-hybridized carbons (Fsp3) is 0.385. The molecule has 1 aliphatic heterocycles. The van der Waals surface area contributed by atoms with Crippen LogP contribution in [0.1, 0.15) is 25.0 Å². The Morgan fingerprint density at radius 1 is 1.20 bits per heavy atom. The van der Waals surface area contributed by atoms with E-state index in [1.165, 1.54) is 4.68 Å². The summed E-state index contributed by atoms with van der Waals surface area (Å²) < 4.78 is 6.97. The molecule has 0 aliphatic carbocycles. The zero-order valence-electron chi connectivity index (χ0n) is 20.5. The number of aromatic nitrogens is 4. The van der Waals surface area contributed by atoms with Crippen LogP contribution in [0.3, 0.4) is 0 Å². The second-order valence-corrected chi connectivity index (χ2v) is 9.02. The molecule has 1 aromatic heterocycles. The Balaban J connectivity index is 1.65. The first-order valence-electron chi connectivity index (χ1n) is 11.7. The topological polar surface area (TPSA) is 96.6 Å². The Bertz CT molecular complexity index is 1190. The van der Waals surface area contributed by atoms with Crippen LogP contribution < -0.4 is 9.64 Å². The number of piperazine rings is 1.